The molecule has 2 aromatic heterocycles. The van der Waals surface area contributed by atoms with Gasteiger partial charge in [-0.2, -0.15) is 13.2 Å². The molecule has 0 fully saturated rings. The summed E-state index contributed by atoms with van der Waals surface area (Å²) < 4.78 is 39.1. The maximum absolute atomic E-state index is 13.0. The Morgan fingerprint density at radius 2 is 1.86 bits per heavy atom. The molecule has 0 atom stereocenters. The van der Waals surface area contributed by atoms with Gasteiger partial charge in [-0.05, 0) is 48.0 Å². The van der Waals surface area contributed by atoms with E-state index in [9.17, 15) is 18.0 Å². The van der Waals surface area contributed by atoms with Gasteiger partial charge in [0.1, 0.15) is 5.65 Å². The number of carbonyl (C=O) groups is 1. The Morgan fingerprint density at radius 1 is 1.03 bits per heavy atom. The lowest BCUT2D eigenvalue weighted by Crippen LogP contribution is -2.14. The molecule has 2 N–H and O–H groups in total. The number of benzene rings is 2. The molecule has 4 rings (SSSR count). The van der Waals surface area contributed by atoms with Crippen molar-refractivity contribution in [1.82, 2.24) is 9.97 Å². The molecule has 0 radical (unpaired) electrons. The Kier molecular flexibility index (Phi) is 4.76. The average Bonchev–Trinajstić information content (AvgIpc) is 3.15. The van der Waals surface area contributed by atoms with Crippen LogP contribution in [0.2, 0.25) is 5.02 Å². The molecule has 29 heavy (non-hydrogen) atoms. The van der Waals surface area contributed by atoms with Gasteiger partial charge in [-0.1, -0.05) is 23.7 Å². The molecule has 1 amide bonds. The molecule has 0 aliphatic rings. The molecule has 2 heterocycles. The van der Waals surface area contributed by atoms with Crippen molar-refractivity contribution in [2.75, 3.05) is 5.32 Å². The van der Waals surface area contributed by atoms with Gasteiger partial charge in [0, 0.05) is 34.6 Å². The van der Waals surface area contributed by atoms with Crippen molar-refractivity contribution in [3.63, 3.8) is 0 Å². The predicted octanol–water partition coefficient (Wildman–Crippen LogP) is 6.15. The Morgan fingerprint density at radius 3 is 2.66 bits per heavy atom. The molecule has 4 aromatic rings. The second-order valence-electron chi connectivity index (χ2n) is 6.37. The highest BCUT2D eigenvalue weighted by Gasteiger charge is 2.33. The number of nitrogens with zero attached hydrogens (tertiary/aromatic N) is 1. The summed E-state index contributed by atoms with van der Waals surface area (Å²) in [6, 6.07) is 13.9. The van der Waals surface area contributed by atoms with Gasteiger partial charge in [0.05, 0.1) is 10.6 Å². The number of H-pyrrole nitrogens is 1. The molecular weight excluding hydrogens is 403 g/mol. The van der Waals surface area contributed by atoms with Crippen LogP contribution in [0.1, 0.15) is 15.9 Å². The largest absolute Gasteiger partial charge is 0.417 e. The molecule has 0 aliphatic heterocycles. The van der Waals surface area contributed by atoms with Gasteiger partial charge in [-0.3, -0.25) is 4.79 Å². The van der Waals surface area contributed by atoms with E-state index in [1.54, 1.807) is 30.6 Å². The number of carbonyl (C=O) groups excluding carboxylic acids is 1. The first-order valence-electron chi connectivity index (χ1n) is 8.53. The van der Waals surface area contributed by atoms with Gasteiger partial charge in [-0.15, -0.1) is 0 Å². The first-order valence-corrected chi connectivity index (χ1v) is 8.91. The highest BCUT2D eigenvalue weighted by atomic mass is 35.5. The minimum atomic E-state index is -4.64. The van der Waals surface area contributed by atoms with Crippen molar-refractivity contribution in [3.8, 4) is 11.1 Å². The van der Waals surface area contributed by atoms with Gasteiger partial charge in [0.2, 0.25) is 0 Å². The van der Waals surface area contributed by atoms with Crippen molar-refractivity contribution in [2.45, 2.75) is 6.18 Å². The van der Waals surface area contributed by atoms with Crippen LogP contribution in [0.4, 0.5) is 18.9 Å². The molecule has 0 spiro atoms. The fourth-order valence-electron chi connectivity index (χ4n) is 2.96. The fraction of sp³-hybridized carbons (Fsp3) is 0.0476. The molecule has 0 aliphatic carbocycles. The highest BCUT2D eigenvalue weighted by molar-refractivity contribution is 6.31. The maximum atomic E-state index is 13.0. The number of nitrogens with one attached hydrogen (secondary N) is 2. The van der Waals surface area contributed by atoms with Crippen LogP contribution in [0.3, 0.4) is 0 Å². The lowest BCUT2D eigenvalue weighted by molar-refractivity contribution is -0.137. The average molecular weight is 416 g/mol. The number of fused-ring (bicyclic) bond motifs is 1. The highest BCUT2D eigenvalue weighted by Crippen LogP contribution is 2.35. The normalized spacial score (nSPS) is 11.6. The second kappa shape index (κ2) is 7.25. The number of halogens is 4. The van der Waals surface area contributed by atoms with Crippen molar-refractivity contribution in [3.05, 3.63) is 83.1 Å². The molecule has 0 saturated heterocycles. The summed E-state index contributed by atoms with van der Waals surface area (Å²) in [6.07, 6.45) is -1.15. The fourth-order valence-corrected chi connectivity index (χ4v) is 3.19. The minimum Gasteiger partial charge on any atom is -0.346 e. The van der Waals surface area contributed by atoms with E-state index in [0.29, 0.717) is 5.69 Å². The van der Waals surface area contributed by atoms with Crippen LogP contribution in [0.5, 0.6) is 0 Å². The number of rotatable bonds is 3. The zero-order chi connectivity index (χ0) is 20.6. The van der Waals surface area contributed by atoms with E-state index in [-0.39, 0.29) is 5.56 Å². The van der Waals surface area contributed by atoms with Crippen LogP contribution in [0.15, 0.2) is 67.0 Å². The Balaban J connectivity index is 1.60. The van der Waals surface area contributed by atoms with Gasteiger partial charge in [0.25, 0.3) is 5.91 Å². The number of aromatic nitrogens is 2. The van der Waals surface area contributed by atoms with Crippen LogP contribution >= 0.6 is 11.6 Å². The Hall–Kier alpha value is -3.32. The number of hydrogen-bond acceptors (Lipinski definition) is 2. The number of anilines is 1. The van der Waals surface area contributed by atoms with Crippen molar-refractivity contribution >= 4 is 34.2 Å². The third-order valence-corrected chi connectivity index (χ3v) is 4.72. The summed E-state index contributed by atoms with van der Waals surface area (Å²) in [5, 5.41) is 3.11. The molecule has 0 saturated carbocycles. The lowest BCUT2D eigenvalue weighted by atomic mass is 10.1. The molecule has 8 heteroatoms. The number of amides is 1. The van der Waals surface area contributed by atoms with Gasteiger partial charge in [0.15, 0.2) is 0 Å². The Labute approximate surface area is 168 Å². The van der Waals surface area contributed by atoms with E-state index in [0.717, 1.165) is 34.3 Å². The van der Waals surface area contributed by atoms with Crippen LogP contribution < -0.4 is 5.32 Å². The Bertz CT molecular complexity index is 1220. The van der Waals surface area contributed by atoms with Crippen molar-refractivity contribution < 1.29 is 18.0 Å². The van der Waals surface area contributed by atoms with Crippen molar-refractivity contribution in [1.29, 1.82) is 0 Å². The summed E-state index contributed by atoms with van der Waals surface area (Å²) in [4.78, 5) is 19.8. The molecule has 2 aromatic carbocycles. The van der Waals surface area contributed by atoms with Crippen molar-refractivity contribution in [2.24, 2.45) is 0 Å². The van der Waals surface area contributed by atoms with E-state index in [1.807, 2.05) is 18.2 Å². The van der Waals surface area contributed by atoms with Crippen LogP contribution in [0, 0.1) is 0 Å². The van der Waals surface area contributed by atoms with E-state index in [4.69, 9.17) is 11.6 Å². The number of hydrogen-bond donors (Lipinski definition) is 2. The SMILES string of the molecule is O=C(Nc1cccc(-c2cnc3[nH]ccc3c2)c1)c1ccc(Cl)c(C(F)(F)F)c1. The summed E-state index contributed by atoms with van der Waals surface area (Å²) in [6.45, 7) is 0. The summed E-state index contributed by atoms with van der Waals surface area (Å²) in [5.74, 6) is -0.663. The number of aromatic amines is 1. The van der Waals surface area contributed by atoms with E-state index in [1.165, 1.54) is 6.07 Å². The van der Waals surface area contributed by atoms with Crippen LogP contribution in [-0.4, -0.2) is 15.9 Å². The monoisotopic (exact) mass is 415 g/mol. The summed E-state index contributed by atoms with van der Waals surface area (Å²) in [5.41, 5.74) is 1.69. The quantitative estimate of drug-likeness (QED) is 0.421. The van der Waals surface area contributed by atoms with E-state index in [2.05, 4.69) is 15.3 Å². The van der Waals surface area contributed by atoms with Gasteiger partial charge >= 0.3 is 6.18 Å². The molecular formula is C21H13ClF3N3O. The topological polar surface area (TPSA) is 57.8 Å². The van der Waals surface area contributed by atoms with Crippen LogP contribution in [-0.2, 0) is 6.18 Å². The third-order valence-electron chi connectivity index (χ3n) is 4.39. The van der Waals surface area contributed by atoms with Crippen LogP contribution in [0.25, 0.3) is 22.2 Å². The molecule has 0 bridgehead atoms. The first-order chi connectivity index (χ1) is 13.8. The number of pyridine rings is 1. The lowest BCUT2D eigenvalue weighted by Gasteiger charge is -2.12. The molecule has 4 nitrogen and oxygen atoms in total. The van der Waals surface area contributed by atoms with Gasteiger partial charge < -0.3 is 10.3 Å². The standard InChI is InChI=1S/C21H13ClF3N3O/c22-18-5-4-14(10-17(18)21(23,24)25)20(29)28-16-3-1-2-12(9-16)15-8-13-6-7-26-19(13)27-11-15/h1-11H,(H,26,27)(H,28,29). The number of alkyl halides is 3. The first kappa shape index (κ1) is 19.0. The predicted molar refractivity (Wildman–Crippen MR) is 106 cm³/mol. The third kappa shape index (κ3) is 3.95. The molecule has 146 valence electrons. The summed E-state index contributed by atoms with van der Waals surface area (Å²) in [7, 11) is 0. The smallest absolute Gasteiger partial charge is 0.346 e. The zero-order valence-electron chi connectivity index (χ0n) is 14.7. The summed E-state index contributed by atoms with van der Waals surface area (Å²) >= 11 is 5.61. The molecule has 0 unspecified atom stereocenters. The second-order valence-corrected chi connectivity index (χ2v) is 6.77. The zero-order valence-corrected chi connectivity index (χ0v) is 15.5. The van der Waals surface area contributed by atoms with Gasteiger partial charge in [-0.25, -0.2) is 4.98 Å². The maximum Gasteiger partial charge on any atom is 0.417 e. The minimum absolute atomic E-state index is 0.137. The van der Waals surface area contributed by atoms with E-state index >= 15 is 0 Å². The van der Waals surface area contributed by atoms with E-state index < -0.39 is 22.7 Å².